The lowest BCUT2D eigenvalue weighted by Gasteiger charge is -2.09. The van der Waals surface area contributed by atoms with Gasteiger partial charge in [0.05, 0.1) is 22.3 Å². The number of H-pyrrole nitrogens is 1. The van der Waals surface area contributed by atoms with Crippen molar-refractivity contribution < 1.29 is 4.79 Å². The van der Waals surface area contributed by atoms with Gasteiger partial charge in [-0.15, -0.1) is 0 Å². The fourth-order valence-corrected chi connectivity index (χ4v) is 2.74. The third kappa shape index (κ3) is 3.51. The predicted molar refractivity (Wildman–Crippen MR) is 96.4 cm³/mol. The number of rotatable bonds is 4. The van der Waals surface area contributed by atoms with Crippen LogP contribution in [-0.4, -0.2) is 20.7 Å². The van der Waals surface area contributed by atoms with Crippen molar-refractivity contribution in [1.82, 2.24) is 20.1 Å². The van der Waals surface area contributed by atoms with Crippen molar-refractivity contribution in [2.45, 2.75) is 6.54 Å². The molecule has 3 aromatic rings. The smallest absolute Gasteiger partial charge is 0.251 e. The van der Waals surface area contributed by atoms with Gasteiger partial charge in [0, 0.05) is 5.56 Å². The summed E-state index contributed by atoms with van der Waals surface area (Å²) in [4.78, 5) is 12.1. The number of hydrogen-bond donors (Lipinski definition) is 2. The lowest BCUT2D eigenvalue weighted by atomic mass is 10.2. The van der Waals surface area contributed by atoms with E-state index in [1.807, 2.05) is 6.07 Å². The average Bonchev–Trinajstić information content (AvgIpc) is 2.96. The van der Waals surface area contributed by atoms with Gasteiger partial charge in [-0.1, -0.05) is 41.4 Å². The van der Waals surface area contributed by atoms with Crippen molar-refractivity contribution in [2.75, 3.05) is 0 Å². The van der Waals surface area contributed by atoms with Crippen molar-refractivity contribution >= 4 is 41.3 Å². The summed E-state index contributed by atoms with van der Waals surface area (Å²) in [6.45, 7) is 0.209. The Morgan fingerprint density at radius 2 is 1.92 bits per heavy atom. The number of aromatic amines is 1. The van der Waals surface area contributed by atoms with E-state index in [4.69, 9.17) is 35.4 Å². The number of carbonyl (C=O) groups is 1. The zero-order chi connectivity index (χ0) is 17.1. The van der Waals surface area contributed by atoms with Gasteiger partial charge < -0.3 is 5.32 Å². The van der Waals surface area contributed by atoms with Gasteiger partial charge >= 0.3 is 0 Å². The SMILES string of the molecule is O=C(NCc1n[nH]c(=S)n1-c1ccc(Cl)c(Cl)c1)c1ccccc1. The van der Waals surface area contributed by atoms with Crippen LogP contribution in [0.15, 0.2) is 48.5 Å². The molecule has 0 bridgehead atoms. The minimum atomic E-state index is -0.190. The van der Waals surface area contributed by atoms with Crippen LogP contribution in [0.5, 0.6) is 0 Å². The molecule has 0 aliphatic rings. The zero-order valence-corrected chi connectivity index (χ0v) is 14.6. The van der Waals surface area contributed by atoms with E-state index in [-0.39, 0.29) is 12.5 Å². The van der Waals surface area contributed by atoms with Gasteiger partial charge in [0.15, 0.2) is 10.6 Å². The van der Waals surface area contributed by atoms with E-state index in [9.17, 15) is 4.79 Å². The first kappa shape index (κ1) is 16.7. The van der Waals surface area contributed by atoms with E-state index in [2.05, 4.69) is 15.5 Å². The van der Waals surface area contributed by atoms with Gasteiger partial charge in [-0.2, -0.15) is 5.10 Å². The van der Waals surface area contributed by atoms with Crippen LogP contribution < -0.4 is 5.32 Å². The van der Waals surface area contributed by atoms with Crippen LogP contribution in [-0.2, 0) is 6.54 Å². The van der Waals surface area contributed by atoms with Crippen LogP contribution in [0.4, 0.5) is 0 Å². The van der Waals surface area contributed by atoms with Crippen molar-refractivity contribution in [3.8, 4) is 5.69 Å². The molecule has 3 rings (SSSR count). The Bertz CT molecular complexity index is 937. The van der Waals surface area contributed by atoms with Gasteiger partial charge in [-0.05, 0) is 42.5 Å². The summed E-state index contributed by atoms with van der Waals surface area (Å²) in [6.07, 6.45) is 0. The van der Waals surface area contributed by atoms with Gasteiger partial charge in [-0.25, -0.2) is 0 Å². The number of nitrogens with one attached hydrogen (secondary N) is 2. The van der Waals surface area contributed by atoms with Crippen molar-refractivity contribution in [2.24, 2.45) is 0 Å². The molecule has 0 radical (unpaired) electrons. The number of nitrogens with zero attached hydrogens (tertiary/aromatic N) is 2. The first-order chi connectivity index (χ1) is 11.6. The Morgan fingerprint density at radius 3 is 2.62 bits per heavy atom. The number of hydrogen-bond acceptors (Lipinski definition) is 3. The summed E-state index contributed by atoms with van der Waals surface area (Å²) < 4.78 is 2.10. The highest BCUT2D eigenvalue weighted by Gasteiger charge is 2.12. The molecule has 122 valence electrons. The molecular weight excluding hydrogens is 367 g/mol. The predicted octanol–water partition coefficient (Wildman–Crippen LogP) is 4.17. The van der Waals surface area contributed by atoms with Crippen LogP contribution in [0.25, 0.3) is 5.69 Å². The van der Waals surface area contributed by atoms with Crippen LogP contribution in [0.1, 0.15) is 16.2 Å². The van der Waals surface area contributed by atoms with E-state index >= 15 is 0 Å². The Morgan fingerprint density at radius 1 is 1.17 bits per heavy atom. The molecule has 0 fully saturated rings. The second kappa shape index (κ2) is 7.17. The molecule has 2 N–H and O–H groups in total. The number of amides is 1. The standard InChI is InChI=1S/C16H12Cl2N4OS/c17-12-7-6-11(8-13(12)18)22-14(20-21-16(22)24)9-19-15(23)10-4-2-1-3-5-10/h1-8H,9H2,(H,19,23)(H,21,24). The summed E-state index contributed by atoms with van der Waals surface area (Å²) in [7, 11) is 0. The number of benzene rings is 2. The lowest BCUT2D eigenvalue weighted by molar-refractivity contribution is 0.0949. The highest BCUT2D eigenvalue weighted by Crippen LogP contribution is 2.25. The van der Waals surface area contributed by atoms with Crippen LogP contribution in [0, 0.1) is 4.77 Å². The first-order valence-corrected chi connectivity index (χ1v) is 8.17. The van der Waals surface area contributed by atoms with Crippen molar-refractivity contribution in [1.29, 1.82) is 0 Å². The maximum atomic E-state index is 12.1. The molecule has 0 atom stereocenters. The van der Waals surface area contributed by atoms with Crippen LogP contribution in [0.3, 0.4) is 0 Å². The summed E-state index contributed by atoms with van der Waals surface area (Å²) in [5.41, 5.74) is 1.29. The lowest BCUT2D eigenvalue weighted by Crippen LogP contribution is -2.24. The summed E-state index contributed by atoms with van der Waals surface area (Å²) >= 11 is 17.3. The maximum Gasteiger partial charge on any atom is 0.251 e. The number of halogens is 2. The first-order valence-electron chi connectivity index (χ1n) is 7.01. The molecular formula is C16H12Cl2N4OS. The summed E-state index contributed by atoms with van der Waals surface area (Å²) in [5.74, 6) is 0.368. The average molecular weight is 379 g/mol. The van der Waals surface area contributed by atoms with Crippen LogP contribution >= 0.6 is 35.4 Å². The van der Waals surface area contributed by atoms with E-state index in [1.165, 1.54) is 0 Å². The maximum absolute atomic E-state index is 12.1. The molecule has 1 amide bonds. The van der Waals surface area contributed by atoms with E-state index < -0.39 is 0 Å². The van der Waals surface area contributed by atoms with Gasteiger partial charge in [-0.3, -0.25) is 14.5 Å². The minimum Gasteiger partial charge on any atom is -0.345 e. The minimum absolute atomic E-state index is 0.190. The number of aromatic nitrogens is 3. The second-order valence-electron chi connectivity index (χ2n) is 4.93. The monoisotopic (exact) mass is 378 g/mol. The molecule has 2 aromatic carbocycles. The highest BCUT2D eigenvalue weighted by molar-refractivity contribution is 7.71. The topological polar surface area (TPSA) is 62.7 Å². The van der Waals surface area contributed by atoms with Gasteiger partial charge in [0.1, 0.15) is 0 Å². The van der Waals surface area contributed by atoms with Crippen molar-refractivity contribution in [3.63, 3.8) is 0 Å². The molecule has 8 heteroatoms. The van der Waals surface area contributed by atoms with E-state index in [0.717, 1.165) is 0 Å². The van der Waals surface area contributed by atoms with Crippen molar-refractivity contribution in [3.05, 3.63) is 74.7 Å². The molecule has 1 aromatic heterocycles. The molecule has 5 nitrogen and oxygen atoms in total. The molecule has 0 saturated heterocycles. The summed E-state index contributed by atoms with van der Waals surface area (Å²) in [5, 5.41) is 10.6. The largest absolute Gasteiger partial charge is 0.345 e. The van der Waals surface area contributed by atoms with Crippen LogP contribution in [0.2, 0.25) is 10.0 Å². The van der Waals surface area contributed by atoms with E-state index in [1.54, 1.807) is 47.0 Å². The molecule has 0 saturated carbocycles. The van der Waals surface area contributed by atoms with Gasteiger partial charge in [0.25, 0.3) is 5.91 Å². The molecule has 0 spiro atoms. The number of carbonyl (C=O) groups excluding carboxylic acids is 1. The molecule has 0 aliphatic heterocycles. The Balaban J connectivity index is 1.84. The molecule has 1 heterocycles. The third-order valence-corrected chi connectivity index (χ3v) is 4.36. The molecule has 0 aliphatic carbocycles. The fourth-order valence-electron chi connectivity index (χ4n) is 2.19. The molecule has 24 heavy (non-hydrogen) atoms. The fraction of sp³-hybridized carbons (Fsp3) is 0.0625. The zero-order valence-electron chi connectivity index (χ0n) is 12.3. The Labute approximate surface area is 153 Å². The Hall–Kier alpha value is -2.15. The van der Waals surface area contributed by atoms with Gasteiger partial charge in [0.2, 0.25) is 0 Å². The molecule has 0 unspecified atom stereocenters. The highest BCUT2D eigenvalue weighted by atomic mass is 35.5. The quantitative estimate of drug-likeness (QED) is 0.669. The Kier molecular flexibility index (Phi) is 4.99. The second-order valence-corrected chi connectivity index (χ2v) is 6.13. The normalized spacial score (nSPS) is 10.6. The third-order valence-electron chi connectivity index (χ3n) is 3.35. The van der Waals surface area contributed by atoms with E-state index in [0.29, 0.717) is 31.9 Å². The summed E-state index contributed by atoms with van der Waals surface area (Å²) in [6, 6.07) is 14.1.